The van der Waals surface area contributed by atoms with E-state index in [9.17, 15) is 9.59 Å². The van der Waals surface area contributed by atoms with E-state index in [0.29, 0.717) is 11.4 Å². The van der Waals surface area contributed by atoms with Gasteiger partial charge in [0.15, 0.2) is 5.69 Å². The number of anilines is 2. The molecule has 126 valence electrons. The van der Waals surface area contributed by atoms with Gasteiger partial charge in [-0.15, -0.1) is 0 Å². The number of nitrogens with two attached hydrogens (primary N) is 3. The van der Waals surface area contributed by atoms with Gasteiger partial charge < -0.3 is 22.5 Å². The highest BCUT2D eigenvalue weighted by Crippen LogP contribution is 2.25. The summed E-state index contributed by atoms with van der Waals surface area (Å²) in [5, 5.41) is 6.47. The third-order valence-electron chi connectivity index (χ3n) is 3.54. The first-order valence-corrected chi connectivity index (χ1v) is 7.36. The smallest absolute Gasteiger partial charge is 0.316 e. The maximum atomic E-state index is 11.5. The average Bonchev–Trinajstić information content (AvgIpc) is 2.98. The topological polar surface area (TPSA) is 142 Å². The van der Waals surface area contributed by atoms with E-state index in [4.69, 9.17) is 17.2 Å². The zero-order valence-electron chi connectivity index (χ0n) is 13.1. The van der Waals surface area contributed by atoms with Crippen molar-refractivity contribution >= 4 is 23.3 Å². The predicted molar refractivity (Wildman–Crippen MR) is 95.1 cm³/mol. The fraction of sp³-hybridized carbons (Fsp3) is 0. The van der Waals surface area contributed by atoms with E-state index in [2.05, 4.69) is 10.4 Å². The largest absolute Gasteiger partial charge is 0.399 e. The summed E-state index contributed by atoms with van der Waals surface area (Å²) in [7, 11) is 0. The van der Waals surface area contributed by atoms with Gasteiger partial charge in [-0.2, -0.15) is 5.10 Å². The highest BCUT2D eigenvalue weighted by atomic mass is 16.2. The summed E-state index contributed by atoms with van der Waals surface area (Å²) < 4.78 is 1.45. The molecule has 0 saturated heterocycles. The molecule has 0 aliphatic carbocycles. The maximum absolute atomic E-state index is 11.5. The predicted octanol–water partition coefficient (Wildman–Crippen LogP) is 1.71. The van der Waals surface area contributed by atoms with E-state index in [-0.39, 0.29) is 11.4 Å². The summed E-state index contributed by atoms with van der Waals surface area (Å²) in [6.45, 7) is 0. The Hall–Kier alpha value is -3.81. The minimum Gasteiger partial charge on any atom is -0.399 e. The van der Waals surface area contributed by atoms with Gasteiger partial charge in [-0.05, 0) is 35.4 Å². The number of hydrogen-bond acceptors (Lipinski definition) is 4. The van der Waals surface area contributed by atoms with Crippen LogP contribution in [0.25, 0.3) is 16.8 Å². The molecular weight excluding hydrogens is 320 g/mol. The van der Waals surface area contributed by atoms with Crippen LogP contribution in [-0.4, -0.2) is 21.7 Å². The molecule has 8 heteroatoms. The number of amides is 3. The van der Waals surface area contributed by atoms with Crippen molar-refractivity contribution in [1.29, 1.82) is 0 Å². The number of nitrogens with one attached hydrogen (secondary N) is 1. The summed E-state index contributed by atoms with van der Waals surface area (Å²) in [6, 6.07) is 14.1. The number of aromatic nitrogens is 2. The Morgan fingerprint density at radius 1 is 1.00 bits per heavy atom. The summed E-state index contributed by atoms with van der Waals surface area (Å²) >= 11 is 0. The lowest BCUT2D eigenvalue weighted by atomic mass is 10.0. The van der Waals surface area contributed by atoms with Crippen molar-refractivity contribution in [3.05, 3.63) is 60.4 Å². The van der Waals surface area contributed by atoms with E-state index in [1.165, 1.54) is 10.9 Å². The molecule has 1 aromatic heterocycles. The number of primary amides is 2. The number of nitrogen functional groups attached to an aromatic ring is 1. The molecule has 3 rings (SSSR count). The third-order valence-corrected chi connectivity index (χ3v) is 3.54. The molecule has 0 saturated carbocycles. The second kappa shape index (κ2) is 6.36. The second-order valence-corrected chi connectivity index (χ2v) is 5.37. The Morgan fingerprint density at radius 2 is 1.68 bits per heavy atom. The van der Waals surface area contributed by atoms with Gasteiger partial charge in [0, 0.05) is 5.69 Å². The van der Waals surface area contributed by atoms with Crippen LogP contribution in [0.4, 0.5) is 16.2 Å². The van der Waals surface area contributed by atoms with Gasteiger partial charge >= 0.3 is 6.03 Å². The minimum absolute atomic E-state index is 0.0758. The fourth-order valence-electron chi connectivity index (χ4n) is 2.46. The standard InChI is InChI=1S/C17H16N6O2/c18-12-5-1-3-10(7-12)11-4-2-6-13(8-11)23-9-14(21-17(20)25)15(22-23)16(19)24/h1-9H,18H2,(H2,19,24)(H3,20,21,25). The summed E-state index contributed by atoms with van der Waals surface area (Å²) in [5.74, 6) is -0.769. The van der Waals surface area contributed by atoms with Gasteiger partial charge in [-0.3, -0.25) is 4.79 Å². The molecule has 1 heterocycles. The second-order valence-electron chi connectivity index (χ2n) is 5.37. The molecule has 0 aliphatic rings. The van der Waals surface area contributed by atoms with Crippen molar-refractivity contribution in [2.75, 3.05) is 11.1 Å². The van der Waals surface area contributed by atoms with Crippen molar-refractivity contribution < 1.29 is 9.59 Å². The molecule has 25 heavy (non-hydrogen) atoms. The average molecular weight is 336 g/mol. The lowest BCUT2D eigenvalue weighted by Crippen LogP contribution is -2.22. The zero-order valence-corrected chi connectivity index (χ0v) is 13.1. The first-order chi connectivity index (χ1) is 11.9. The van der Waals surface area contributed by atoms with Crippen molar-refractivity contribution in [3.63, 3.8) is 0 Å². The van der Waals surface area contributed by atoms with Gasteiger partial charge in [-0.1, -0.05) is 24.3 Å². The molecular formula is C17H16N6O2. The molecule has 0 atom stereocenters. The van der Waals surface area contributed by atoms with E-state index in [1.54, 1.807) is 0 Å². The Kier molecular flexibility index (Phi) is 4.09. The van der Waals surface area contributed by atoms with Gasteiger partial charge in [0.2, 0.25) is 0 Å². The number of urea groups is 1. The monoisotopic (exact) mass is 336 g/mol. The first-order valence-electron chi connectivity index (χ1n) is 7.36. The van der Waals surface area contributed by atoms with Crippen molar-refractivity contribution in [2.24, 2.45) is 11.5 Å². The first kappa shape index (κ1) is 16.1. The maximum Gasteiger partial charge on any atom is 0.316 e. The van der Waals surface area contributed by atoms with E-state index in [1.807, 2.05) is 48.5 Å². The van der Waals surface area contributed by atoms with Crippen LogP contribution in [0, 0.1) is 0 Å². The number of hydrogen-bond donors (Lipinski definition) is 4. The SMILES string of the molecule is NC(=O)Nc1cn(-c2cccc(-c3cccc(N)c3)c2)nc1C(N)=O. The number of benzene rings is 2. The Morgan fingerprint density at radius 3 is 2.32 bits per heavy atom. The summed E-state index contributed by atoms with van der Waals surface area (Å²) in [4.78, 5) is 22.6. The number of rotatable bonds is 4. The molecule has 0 radical (unpaired) electrons. The molecule has 0 spiro atoms. The fourth-order valence-corrected chi connectivity index (χ4v) is 2.46. The number of carbonyl (C=O) groups excluding carboxylic acids is 2. The highest BCUT2D eigenvalue weighted by Gasteiger charge is 2.16. The van der Waals surface area contributed by atoms with Gasteiger partial charge in [0.1, 0.15) is 0 Å². The third kappa shape index (κ3) is 3.42. The lowest BCUT2D eigenvalue weighted by molar-refractivity contribution is 0.0996. The van der Waals surface area contributed by atoms with Gasteiger partial charge in [0.05, 0.1) is 17.6 Å². The Balaban J connectivity index is 2.04. The molecule has 0 fully saturated rings. The van der Waals surface area contributed by atoms with Crippen LogP contribution in [0.3, 0.4) is 0 Å². The molecule has 8 nitrogen and oxygen atoms in total. The Labute approximate surface area is 143 Å². The van der Waals surface area contributed by atoms with E-state index < -0.39 is 11.9 Å². The molecule has 7 N–H and O–H groups in total. The van der Waals surface area contributed by atoms with Crippen LogP contribution in [0.15, 0.2) is 54.7 Å². The van der Waals surface area contributed by atoms with Crippen molar-refractivity contribution in [3.8, 4) is 16.8 Å². The van der Waals surface area contributed by atoms with Crippen molar-refractivity contribution in [1.82, 2.24) is 9.78 Å². The molecule has 0 unspecified atom stereocenters. The molecule has 3 aromatic rings. The summed E-state index contributed by atoms with van der Waals surface area (Å²) in [6.07, 6.45) is 1.48. The molecule has 0 bridgehead atoms. The van der Waals surface area contributed by atoms with E-state index >= 15 is 0 Å². The highest BCUT2D eigenvalue weighted by molar-refractivity contribution is 6.00. The molecule has 2 aromatic carbocycles. The van der Waals surface area contributed by atoms with Crippen LogP contribution in [0.5, 0.6) is 0 Å². The molecule has 0 aliphatic heterocycles. The normalized spacial score (nSPS) is 10.4. The number of nitrogens with zero attached hydrogens (tertiary/aromatic N) is 2. The van der Waals surface area contributed by atoms with Gasteiger partial charge in [-0.25, -0.2) is 9.48 Å². The van der Waals surface area contributed by atoms with Crippen molar-refractivity contribution in [2.45, 2.75) is 0 Å². The van der Waals surface area contributed by atoms with Crippen LogP contribution in [-0.2, 0) is 0 Å². The van der Waals surface area contributed by atoms with Crippen LogP contribution in [0.2, 0.25) is 0 Å². The Bertz CT molecular complexity index is 963. The van der Waals surface area contributed by atoms with Crippen LogP contribution in [0.1, 0.15) is 10.5 Å². The van der Waals surface area contributed by atoms with Crippen LogP contribution < -0.4 is 22.5 Å². The quantitative estimate of drug-likeness (QED) is 0.538. The minimum atomic E-state index is -0.810. The molecule has 3 amide bonds. The van der Waals surface area contributed by atoms with Crippen LogP contribution >= 0.6 is 0 Å². The number of carbonyl (C=O) groups is 2. The lowest BCUT2D eigenvalue weighted by Gasteiger charge is -2.06. The summed E-state index contributed by atoms with van der Waals surface area (Å²) in [5.41, 5.74) is 19.5. The zero-order chi connectivity index (χ0) is 18.0. The van der Waals surface area contributed by atoms with E-state index in [0.717, 1.165) is 11.1 Å². The van der Waals surface area contributed by atoms with Gasteiger partial charge in [0.25, 0.3) is 5.91 Å².